The molecule has 0 fully saturated rings. The molecular weight excluding hydrogens is 430 g/mol. The number of fused-ring (bicyclic) bond motifs is 1. The second kappa shape index (κ2) is 12.2. The lowest BCUT2D eigenvalue weighted by Gasteiger charge is -2.30. The van der Waals surface area contributed by atoms with Crippen LogP contribution in [0.15, 0.2) is 35.4 Å². The van der Waals surface area contributed by atoms with Gasteiger partial charge in [-0.25, -0.2) is 9.78 Å². The van der Waals surface area contributed by atoms with Crippen LogP contribution in [0.2, 0.25) is 0 Å². The minimum atomic E-state index is -1.57. The van der Waals surface area contributed by atoms with Gasteiger partial charge in [0.2, 0.25) is 5.88 Å². The van der Waals surface area contributed by atoms with Gasteiger partial charge in [0.25, 0.3) is 0 Å². The van der Waals surface area contributed by atoms with Crippen molar-refractivity contribution in [3.05, 3.63) is 30.5 Å². The largest absolute Gasteiger partial charge is 0.593 e. The number of benzene rings is 1. The lowest BCUT2D eigenvalue weighted by molar-refractivity contribution is 0.0224. The Labute approximate surface area is 193 Å². The molecule has 178 valence electrons. The molecule has 0 aliphatic heterocycles. The van der Waals surface area contributed by atoms with Crippen molar-refractivity contribution in [3.8, 4) is 5.88 Å². The van der Waals surface area contributed by atoms with Crippen molar-refractivity contribution >= 4 is 28.2 Å². The number of carbonyl (C=O) groups is 1. The smallest absolute Gasteiger partial charge is 0.410 e. The number of ether oxygens (including phenoxy) is 1. The van der Waals surface area contributed by atoms with Gasteiger partial charge >= 0.3 is 6.09 Å². The molecule has 2 aromatic rings. The number of aromatic hydroxyl groups is 1. The summed E-state index contributed by atoms with van der Waals surface area (Å²) >= 11 is -1.57. The average molecular weight is 466 g/mol. The maximum atomic E-state index is 13.3. The van der Waals surface area contributed by atoms with Gasteiger partial charge in [0, 0.05) is 36.7 Å². The molecule has 1 aromatic heterocycles. The fourth-order valence-corrected chi connectivity index (χ4v) is 4.49. The predicted molar refractivity (Wildman–Crippen MR) is 126 cm³/mol. The van der Waals surface area contributed by atoms with E-state index in [1.54, 1.807) is 29.2 Å². The van der Waals surface area contributed by atoms with Gasteiger partial charge in [-0.2, -0.15) is 0 Å². The number of nitrogens with zero attached hydrogens (tertiary/aromatic N) is 2. The monoisotopic (exact) mass is 465 g/mol. The van der Waals surface area contributed by atoms with Crippen LogP contribution in [-0.2, 0) is 16.1 Å². The molecule has 0 radical (unpaired) electrons. The summed E-state index contributed by atoms with van der Waals surface area (Å²) in [6.07, 6.45) is 4.03. The zero-order valence-corrected chi connectivity index (χ0v) is 20.2. The molecule has 0 saturated carbocycles. The fraction of sp³-hybridized carbons (Fsp3) is 0.565. The highest BCUT2D eigenvalue weighted by Crippen LogP contribution is 2.28. The average Bonchev–Trinajstić information content (AvgIpc) is 2.73. The standard InChI is InChI=1S/C23H35N3O5S/c1-5-6-9-17(16-26(14-8-15-27)22(29)31-23(2,3)4)25-32(30)20-11-7-10-19-18(20)12-13-24-21(19)28/h7,10-13,17,25,27H,5-6,8-9,14-16H2,1-4H3,(H,24,28). The van der Waals surface area contributed by atoms with E-state index in [4.69, 9.17) is 4.74 Å². The van der Waals surface area contributed by atoms with Gasteiger partial charge in [0.05, 0.1) is 17.4 Å². The number of unbranched alkanes of at least 4 members (excludes halogenated alkanes) is 1. The Morgan fingerprint density at radius 3 is 2.69 bits per heavy atom. The SMILES string of the molecule is CCCCC(CN(CCCO)C(=O)OC(C)(C)C)N[S+]([O-])c1cccc2c(O)nccc12. The summed E-state index contributed by atoms with van der Waals surface area (Å²) in [4.78, 5) is 18.7. The molecule has 0 spiro atoms. The summed E-state index contributed by atoms with van der Waals surface area (Å²) in [5.74, 6) is -0.107. The van der Waals surface area contributed by atoms with Crippen LogP contribution in [0.5, 0.6) is 5.88 Å². The topological polar surface area (TPSA) is 118 Å². The van der Waals surface area contributed by atoms with Gasteiger partial charge in [-0.15, -0.1) is 4.72 Å². The molecule has 1 heterocycles. The summed E-state index contributed by atoms with van der Waals surface area (Å²) in [5.41, 5.74) is -0.636. The summed E-state index contributed by atoms with van der Waals surface area (Å²) in [6, 6.07) is 6.69. The molecule has 2 rings (SSSR count). The van der Waals surface area contributed by atoms with Crippen molar-refractivity contribution in [2.45, 2.75) is 69.9 Å². The van der Waals surface area contributed by atoms with E-state index in [9.17, 15) is 19.6 Å². The van der Waals surface area contributed by atoms with Crippen molar-refractivity contribution < 1.29 is 24.3 Å². The van der Waals surface area contributed by atoms with Crippen molar-refractivity contribution in [2.24, 2.45) is 0 Å². The number of carbonyl (C=O) groups excluding carboxylic acids is 1. The molecule has 32 heavy (non-hydrogen) atoms. The van der Waals surface area contributed by atoms with Crippen LogP contribution in [0.25, 0.3) is 10.8 Å². The van der Waals surface area contributed by atoms with E-state index in [0.29, 0.717) is 35.2 Å². The number of aromatic nitrogens is 1. The van der Waals surface area contributed by atoms with E-state index in [2.05, 4.69) is 16.6 Å². The normalized spacial score (nSPS) is 13.7. The van der Waals surface area contributed by atoms with Crippen molar-refractivity contribution in [3.63, 3.8) is 0 Å². The second-order valence-electron chi connectivity index (χ2n) is 8.72. The van der Waals surface area contributed by atoms with Crippen LogP contribution in [0.1, 0.15) is 53.4 Å². The molecule has 0 aliphatic rings. The van der Waals surface area contributed by atoms with E-state index < -0.39 is 23.1 Å². The lowest BCUT2D eigenvalue weighted by atomic mass is 10.1. The van der Waals surface area contributed by atoms with Crippen LogP contribution in [-0.4, -0.2) is 62.1 Å². The molecule has 0 bridgehead atoms. The van der Waals surface area contributed by atoms with Crippen LogP contribution in [0.3, 0.4) is 0 Å². The summed E-state index contributed by atoms with van der Waals surface area (Å²) in [7, 11) is 0. The zero-order chi connectivity index (χ0) is 23.7. The van der Waals surface area contributed by atoms with Crippen LogP contribution >= 0.6 is 0 Å². The molecule has 0 aliphatic carbocycles. The summed E-state index contributed by atoms with van der Waals surface area (Å²) in [6.45, 7) is 8.11. The van der Waals surface area contributed by atoms with E-state index in [0.717, 1.165) is 19.3 Å². The molecule has 0 saturated heterocycles. The van der Waals surface area contributed by atoms with Crippen LogP contribution < -0.4 is 4.72 Å². The van der Waals surface area contributed by atoms with Gasteiger partial charge < -0.3 is 24.4 Å². The van der Waals surface area contributed by atoms with Gasteiger partial charge in [-0.1, -0.05) is 25.8 Å². The second-order valence-corrected chi connectivity index (χ2v) is 9.93. The molecular formula is C23H35N3O5S. The molecule has 9 heteroatoms. The first-order valence-electron chi connectivity index (χ1n) is 11.0. The first-order chi connectivity index (χ1) is 15.2. The van der Waals surface area contributed by atoms with Crippen LogP contribution in [0, 0.1) is 0 Å². The Balaban J connectivity index is 2.22. The zero-order valence-electron chi connectivity index (χ0n) is 19.3. The number of rotatable bonds is 11. The van der Waals surface area contributed by atoms with Crippen molar-refractivity contribution in [1.29, 1.82) is 0 Å². The summed E-state index contributed by atoms with van der Waals surface area (Å²) < 4.78 is 22.0. The third-order valence-corrected chi connectivity index (χ3v) is 6.11. The minimum absolute atomic E-state index is 0.0359. The molecule has 1 aromatic carbocycles. The van der Waals surface area contributed by atoms with Crippen molar-refractivity contribution in [2.75, 3.05) is 19.7 Å². The Morgan fingerprint density at radius 2 is 2.03 bits per heavy atom. The highest BCUT2D eigenvalue weighted by molar-refractivity contribution is 7.89. The van der Waals surface area contributed by atoms with Gasteiger partial charge in [0.15, 0.2) is 4.90 Å². The third-order valence-electron chi connectivity index (χ3n) is 4.80. The first kappa shape index (κ1) is 26.2. The number of hydrogen-bond acceptors (Lipinski definition) is 7. The molecule has 2 atom stereocenters. The number of aliphatic hydroxyl groups is 1. The van der Waals surface area contributed by atoms with E-state index in [-0.39, 0.29) is 18.5 Å². The van der Waals surface area contributed by atoms with Gasteiger partial charge in [-0.05, 0) is 51.8 Å². The van der Waals surface area contributed by atoms with Gasteiger partial charge in [-0.3, -0.25) is 0 Å². The highest BCUT2D eigenvalue weighted by atomic mass is 32.2. The maximum absolute atomic E-state index is 13.3. The Morgan fingerprint density at radius 1 is 1.28 bits per heavy atom. The highest BCUT2D eigenvalue weighted by Gasteiger charge is 2.27. The number of hydrogen-bond donors (Lipinski definition) is 3. The molecule has 8 nitrogen and oxygen atoms in total. The number of nitrogens with one attached hydrogen (secondary N) is 1. The maximum Gasteiger partial charge on any atom is 0.410 e. The van der Waals surface area contributed by atoms with E-state index in [1.165, 1.54) is 6.20 Å². The molecule has 2 unspecified atom stereocenters. The Kier molecular flexibility index (Phi) is 10.0. The predicted octanol–water partition coefficient (Wildman–Crippen LogP) is 3.73. The minimum Gasteiger partial charge on any atom is -0.593 e. The van der Waals surface area contributed by atoms with E-state index >= 15 is 0 Å². The van der Waals surface area contributed by atoms with Crippen molar-refractivity contribution in [1.82, 2.24) is 14.6 Å². The number of aliphatic hydroxyl groups excluding tert-OH is 1. The third kappa shape index (κ3) is 7.81. The van der Waals surface area contributed by atoms with E-state index in [1.807, 2.05) is 20.8 Å². The lowest BCUT2D eigenvalue weighted by Crippen LogP contribution is -2.47. The Hall–Kier alpha value is -2.07. The molecule has 1 amide bonds. The van der Waals surface area contributed by atoms with Crippen LogP contribution in [0.4, 0.5) is 4.79 Å². The number of amides is 1. The molecule has 3 N–H and O–H groups in total. The first-order valence-corrected chi connectivity index (χ1v) is 12.1. The summed E-state index contributed by atoms with van der Waals surface area (Å²) in [5, 5.41) is 20.5. The Bertz CT molecular complexity index is 874. The van der Waals surface area contributed by atoms with Gasteiger partial charge in [0.1, 0.15) is 5.60 Å². The fourth-order valence-electron chi connectivity index (χ4n) is 3.29. The number of pyridine rings is 1. The quantitative estimate of drug-likeness (QED) is 0.433.